The maximum atomic E-state index is 12.2. The number of aromatic nitrogens is 1. The Bertz CT molecular complexity index is 1050. The lowest BCUT2D eigenvalue weighted by Gasteiger charge is -2.10. The number of nitrogens with one attached hydrogen (secondary N) is 2. The summed E-state index contributed by atoms with van der Waals surface area (Å²) < 4.78 is 22.7. The van der Waals surface area contributed by atoms with E-state index in [-0.39, 0.29) is 22.4 Å². The van der Waals surface area contributed by atoms with Crippen molar-refractivity contribution in [2.45, 2.75) is 6.04 Å². The number of primary amides is 1. The lowest BCUT2D eigenvalue weighted by Crippen LogP contribution is -2.38. The molecule has 0 saturated carbocycles. The summed E-state index contributed by atoms with van der Waals surface area (Å²) in [5.74, 6) is -1.64. The van der Waals surface area contributed by atoms with E-state index in [9.17, 15) is 22.8 Å². The van der Waals surface area contributed by atoms with Crippen LogP contribution in [0.4, 0.5) is 0 Å². The molecule has 4 N–H and O–H groups in total. The summed E-state index contributed by atoms with van der Waals surface area (Å²) in [6, 6.07) is 5.32. The summed E-state index contributed by atoms with van der Waals surface area (Å²) in [5, 5.41) is 3.97. The highest BCUT2D eigenvalue weighted by Crippen LogP contribution is 2.16. The highest BCUT2D eigenvalue weighted by molar-refractivity contribution is 7.94. The van der Waals surface area contributed by atoms with Crippen LogP contribution in [0.5, 0.6) is 0 Å². The monoisotopic (exact) mass is 347 g/mol. The number of aromatic amines is 1. The molecule has 0 radical (unpaired) electrons. The molecule has 2 amide bonds. The maximum absolute atomic E-state index is 12.2. The maximum Gasteiger partial charge on any atom is 0.261 e. The van der Waals surface area contributed by atoms with E-state index < -0.39 is 33.3 Å². The van der Waals surface area contributed by atoms with Gasteiger partial charge in [0.25, 0.3) is 17.4 Å². The zero-order chi connectivity index (χ0) is 17.5. The smallest absolute Gasteiger partial charge is 0.261 e. The lowest BCUT2D eigenvalue weighted by atomic mass is 10.1. The third-order valence-corrected chi connectivity index (χ3v) is 5.03. The van der Waals surface area contributed by atoms with Crippen molar-refractivity contribution in [3.63, 3.8) is 0 Å². The van der Waals surface area contributed by atoms with Gasteiger partial charge in [-0.3, -0.25) is 14.4 Å². The molecule has 9 heteroatoms. The van der Waals surface area contributed by atoms with Gasteiger partial charge in [0, 0.05) is 5.41 Å². The molecule has 0 fully saturated rings. The first-order chi connectivity index (χ1) is 11.3. The number of H-pyrrole nitrogens is 1. The zero-order valence-corrected chi connectivity index (χ0v) is 13.1. The Balaban J connectivity index is 1.97. The number of carbonyl (C=O) groups is 2. The highest BCUT2D eigenvalue weighted by atomic mass is 32.2. The Kier molecular flexibility index (Phi) is 3.72. The number of nitrogens with two attached hydrogens (primary N) is 1. The van der Waals surface area contributed by atoms with Crippen molar-refractivity contribution in [3.05, 3.63) is 57.2 Å². The molecule has 2 heterocycles. The summed E-state index contributed by atoms with van der Waals surface area (Å²) in [4.78, 5) is 38.3. The van der Waals surface area contributed by atoms with E-state index in [1.54, 1.807) is 12.1 Å². The first-order valence-corrected chi connectivity index (χ1v) is 8.66. The molecular formula is C15H13N3O5S. The number of rotatable bonds is 3. The molecule has 124 valence electrons. The Hall–Kier alpha value is -2.94. The van der Waals surface area contributed by atoms with Gasteiger partial charge in [-0.2, -0.15) is 0 Å². The number of sulfone groups is 1. The van der Waals surface area contributed by atoms with E-state index in [4.69, 9.17) is 5.73 Å². The fourth-order valence-corrected chi connectivity index (χ4v) is 3.75. The molecule has 1 aliphatic rings. The van der Waals surface area contributed by atoms with Crippen LogP contribution in [-0.2, 0) is 9.84 Å². The fourth-order valence-electron chi connectivity index (χ4n) is 2.52. The van der Waals surface area contributed by atoms with Crippen LogP contribution in [0.2, 0.25) is 0 Å². The standard InChI is InChI=1S/C15H13N3O5S/c16-13(19)10-3-1-2-8-6-11(15(21)18-12(8)10)14(20)17-9-4-5-24(22,23)7-9/h1-6,9H,7H2,(H2,16,19)(H,17,20)(H,18,21)/t9-/m1/s1. The lowest BCUT2D eigenvalue weighted by molar-refractivity contribution is 0.0945. The average Bonchev–Trinajstić information content (AvgIpc) is 2.84. The molecule has 0 unspecified atom stereocenters. The highest BCUT2D eigenvalue weighted by Gasteiger charge is 2.24. The number of para-hydroxylation sites is 1. The number of pyridine rings is 1. The van der Waals surface area contributed by atoms with E-state index in [2.05, 4.69) is 10.3 Å². The molecule has 0 spiro atoms. The average molecular weight is 347 g/mol. The molecule has 24 heavy (non-hydrogen) atoms. The fraction of sp³-hybridized carbons (Fsp3) is 0.133. The second-order valence-electron chi connectivity index (χ2n) is 5.38. The summed E-state index contributed by atoms with van der Waals surface area (Å²) in [6.07, 6.45) is 1.35. The molecular weight excluding hydrogens is 334 g/mol. The second kappa shape index (κ2) is 5.60. The topological polar surface area (TPSA) is 139 Å². The number of hydrogen-bond acceptors (Lipinski definition) is 5. The third kappa shape index (κ3) is 2.93. The second-order valence-corrected chi connectivity index (χ2v) is 7.32. The molecule has 1 aliphatic heterocycles. The molecule has 3 rings (SSSR count). The van der Waals surface area contributed by atoms with Crippen molar-refractivity contribution in [3.8, 4) is 0 Å². The number of fused-ring (bicyclic) bond motifs is 1. The molecule has 0 aliphatic carbocycles. The van der Waals surface area contributed by atoms with Gasteiger partial charge in [0.2, 0.25) is 0 Å². The molecule has 8 nitrogen and oxygen atoms in total. The van der Waals surface area contributed by atoms with Crippen LogP contribution < -0.4 is 16.6 Å². The van der Waals surface area contributed by atoms with Crippen LogP contribution in [0.25, 0.3) is 10.9 Å². The van der Waals surface area contributed by atoms with Crippen LogP contribution in [0.15, 0.2) is 40.5 Å². The SMILES string of the molecule is NC(=O)c1cccc2cc(C(=O)N[C@@H]3C=CS(=O)(=O)C3)c(=O)[nH]c12. The van der Waals surface area contributed by atoms with Gasteiger partial charge in [0.05, 0.1) is 22.9 Å². The summed E-state index contributed by atoms with van der Waals surface area (Å²) in [6.45, 7) is 0. The van der Waals surface area contributed by atoms with E-state index in [1.165, 1.54) is 18.2 Å². The molecule has 0 saturated heterocycles. The van der Waals surface area contributed by atoms with Crippen molar-refractivity contribution in [2.75, 3.05) is 5.75 Å². The van der Waals surface area contributed by atoms with Gasteiger partial charge in [-0.25, -0.2) is 8.42 Å². The minimum absolute atomic E-state index is 0.140. The van der Waals surface area contributed by atoms with Gasteiger partial charge in [-0.05, 0) is 23.6 Å². The third-order valence-electron chi connectivity index (χ3n) is 3.64. The first-order valence-electron chi connectivity index (χ1n) is 6.94. The number of hydrogen-bond donors (Lipinski definition) is 3. The minimum Gasteiger partial charge on any atom is -0.366 e. The zero-order valence-electron chi connectivity index (χ0n) is 12.3. The Morgan fingerprint density at radius 1 is 1.25 bits per heavy atom. The van der Waals surface area contributed by atoms with Crippen LogP contribution in [0.3, 0.4) is 0 Å². The van der Waals surface area contributed by atoms with Crippen molar-refractivity contribution >= 4 is 32.6 Å². The van der Waals surface area contributed by atoms with Gasteiger partial charge in [-0.1, -0.05) is 12.1 Å². The predicted octanol–water partition coefficient (Wildman–Crippen LogP) is -0.333. The quantitative estimate of drug-likeness (QED) is 0.697. The normalized spacial score (nSPS) is 18.6. The van der Waals surface area contributed by atoms with Crippen LogP contribution >= 0.6 is 0 Å². The summed E-state index contributed by atoms with van der Waals surface area (Å²) in [5.41, 5.74) is 4.77. The Morgan fingerprint density at radius 3 is 2.62 bits per heavy atom. The number of carbonyl (C=O) groups excluding carboxylic acids is 2. The molecule has 1 aromatic heterocycles. The van der Waals surface area contributed by atoms with Gasteiger partial charge in [0.15, 0.2) is 9.84 Å². The van der Waals surface area contributed by atoms with Crippen molar-refractivity contribution in [1.82, 2.24) is 10.3 Å². The van der Waals surface area contributed by atoms with Gasteiger partial charge in [-0.15, -0.1) is 0 Å². The van der Waals surface area contributed by atoms with E-state index in [0.717, 1.165) is 5.41 Å². The number of benzene rings is 1. The first kappa shape index (κ1) is 15.9. The summed E-state index contributed by atoms with van der Waals surface area (Å²) >= 11 is 0. The minimum atomic E-state index is -3.32. The number of amides is 2. The largest absolute Gasteiger partial charge is 0.366 e. The Labute approximate surface area is 136 Å². The summed E-state index contributed by atoms with van der Waals surface area (Å²) in [7, 11) is -3.32. The van der Waals surface area contributed by atoms with Crippen LogP contribution in [0.1, 0.15) is 20.7 Å². The van der Waals surface area contributed by atoms with Gasteiger partial charge in [0.1, 0.15) is 5.56 Å². The van der Waals surface area contributed by atoms with E-state index in [0.29, 0.717) is 5.39 Å². The van der Waals surface area contributed by atoms with E-state index >= 15 is 0 Å². The molecule has 2 aromatic rings. The van der Waals surface area contributed by atoms with Crippen LogP contribution in [0, 0.1) is 0 Å². The molecule has 0 bridgehead atoms. The van der Waals surface area contributed by atoms with Gasteiger partial charge >= 0.3 is 0 Å². The van der Waals surface area contributed by atoms with Crippen LogP contribution in [-0.4, -0.2) is 37.0 Å². The van der Waals surface area contributed by atoms with Gasteiger partial charge < -0.3 is 16.0 Å². The molecule has 1 aromatic carbocycles. The molecule has 1 atom stereocenters. The predicted molar refractivity (Wildman–Crippen MR) is 87.3 cm³/mol. The Morgan fingerprint density at radius 2 is 2.00 bits per heavy atom. The van der Waals surface area contributed by atoms with Crippen molar-refractivity contribution in [1.29, 1.82) is 0 Å². The van der Waals surface area contributed by atoms with E-state index in [1.807, 2.05) is 0 Å². The van der Waals surface area contributed by atoms with Crippen molar-refractivity contribution < 1.29 is 18.0 Å². The van der Waals surface area contributed by atoms with Crippen molar-refractivity contribution in [2.24, 2.45) is 5.73 Å².